The van der Waals surface area contributed by atoms with E-state index in [2.05, 4.69) is 15.6 Å². The molecule has 0 spiro atoms. The second-order valence-corrected chi connectivity index (χ2v) is 10.1. The topological polar surface area (TPSA) is 92.6 Å². The zero-order chi connectivity index (χ0) is 28.9. The fourth-order valence-electron chi connectivity index (χ4n) is 5.16. The molecule has 2 N–H and O–H groups in total. The van der Waals surface area contributed by atoms with Crippen molar-refractivity contribution in [2.24, 2.45) is 0 Å². The molecule has 2 fully saturated rings. The van der Waals surface area contributed by atoms with Gasteiger partial charge in [0.25, 0.3) is 5.69 Å². The molecule has 0 atom stereocenters. The quantitative estimate of drug-likeness (QED) is 0.163. The molecule has 0 amide bonds. The maximum absolute atomic E-state index is 13.2. The van der Waals surface area contributed by atoms with Crippen LogP contribution in [0.5, 0.6) is 0 Å². The van der Waals surface area contributed by atoms with Crippen LogP contribution in [-0.4, -0.2) is 54.3 Å². The van der Waals surface area contributed by atoms with Crippen molar-refractivity contribution in [3.8, 4) is 0 Å². The lowest BCUT2D eigenvalue weighted by atomic mass is 9.92. The molecule has 1 aliphatic heterocycles. The van der Waals surface area contributed by atoms with Gasteiger partial charge in [-0.05, 0) is 62.8 Å². The van der Waals surface area contributed by atoms with Gasteiger partial charge in [-0.3, -0.25) is 10.1 Å². The summed E-state index contributed by atoms with van der Waals surface area (Å²) in [5.74, 6) is 0.536. The van der Waals surface area contributed by atoms with Crippen molar-refractivity contribution in [2.75, 3.05) is 36.5 Å². The molecule has 14 heteroatoms. The zero-order valence-corrected chi connectivity index (χ0v) is 21.6. The zero-order valence-electron chi connectivity index (χ0n) is 21.6. The Morgan fingerprint density at radius 3 is 2.23 bits per heavy atom. The summed E-state index contributed by atoms with van der Waals surface area (Å²) in [7, 11) is 0. The highest BCUT2D eigenvalue weighted by Gasteiger charge is 2.38. The van der Waals surface area contributed by atoms with Crippen molar-refractivity contribution in [3.05, 3.63) is 57.8 Å². The van der Waals surface area contributed by atoms with Crippen LogP contribution < -0.4 is 15.5 Å². The number of piperidine rings is 1. The molecule has 0 bridgehead atoms. The number of nitrogens with zero attached hydrogens (tertiary/aromatic N) is 3. The maximum atomic E-state index is 13.2. The predicted octanol–water partition coefficient (Wildman–Crippen LogP) is 6.03. The third kappa shape index (κ3) is 7.96. The number of anilines is 2. The van der Waals surface area contributed by atoms with Gasteiger partial charge in [-0.2, -0.15) is 26.3 Å². The molecule has 1 aromatic carbocycles. The van der Waals surface area contributed by atoms with Crippen LogP contribution in [0.2, 0.25) is 0 Å². The van der Waals surface area contributed by atoms with E-state index in [1.54, 1.807) is 0 Å². The van der Waals surface area contributed by atoms with E-state index in [9.17, 15) is 36.5 Å². The number of nitro benzene ring substituents is 1. The third-order valence-electron chi connectivity index (χ3n) is 7.33. The molecule has 4 rings (SSSR count). The molecule has 1 saturated heterocycles. The Morgan fingerprint density at radius 1 is 0.950 bits per heavy atom. The Labute approximate surface area is 227 Å². The smallest absolute Gasteiger partial charge is 0.382 e. The molecule has 0 unspecified atom stereocenters. The van der Waals surface area contributed by atoms with Gasteiger partial charge < -0.3 is 20.3 Å². The summed E-state index contributed by atoms with van der Waals surface area (Å²) in [6, 6.07) is 5.64. The van der Waals surface area contributed by atoms with Crippen LogP contribution in [-0.2, 0) is 17.1 Å². The van der Waals surface area contributed by atoms with Gasteiger partial charge in [-0.1, -0.05) is 0 Å². The molecular weight excluding hydrogens is 544 g/mol. The van der Waals surface area contributed by atoms with Crippen LogP contribution >= 0.6 is 0 Å². The van der Waals surface area contributed by atoms with Gasteiger partial charge in [-0.25, -0.2) is 4.98 Å². The number of pyridine rings is 1. The number of benzene rings is 1. The van der Waals surface area contributed by atoms with E-state index >= 15 is 0 Å². The Balaban J connectivity index is 1.12. The molecule has 2 aromatic rings. The lowest BCUT2D eigenvalue weighted by Crippen LogP contribution is -2.44. The SMILES string of the molecule is O=[N+]([O-])c1ccc(NC2CCC(OCCNC3CCN(c4ccc(C(F)(F)F)cn4)CC3)CC2)cc1C(F)(F)F. The average Bonchev–Trinajstić information content (AvgIpc) is 2.91. The van der Waals surface area contributed by atoms with Gasteiger partial charge in [0.1, 0.15) is 11.4 Å². The first-order chi connectivity index (χ1) is 18.9. The lowest BCUT2D eigenvalue weighted by Gasteiger charge is -2.33. The molecule has 0 radical (unpaired) electrons. The monoisotopic (exact) mass is 575 g/mol. The van der Waals surface area contributed by atoms with Crippen molar-refractivity contribution < 1.29 is 36.0 Å². The average molecular weight is 576 g/mol. The summed E-state index contributed by atoms with van der Waals surface area (Å²) in [5.41, 5.74) is -2.80. The largest absolute Gasteiger partial charge is 0.423 e. The summed E-state index contributed by atoms with van der Waals surface area (Å²) in [6.45, 7) is 2.55. The van der Waals surface area contributed by atoms with Crippen LogP contribution in [0.1, 0.15) is 49.7 Å². The normalized spacial score (nSPS) is 20.9. The van der Waals surface area contributed by atoms with E-state index in [0.717, 1.165) is 50.1 Å². The summed E-state index contributed by atoms with van der Waals surface area (Å²) < 4.78 is 83.9. The first-order valence-corrected chi connectivity index (χ1v) is 13.2. The van der Waals surface area contributed by atoms with E-state index in [4.69, 9.17) is 4.74 Å². The number of nitrogens with one attached hydrogen (secondary N) is 2. The van der Waals surface area contributed by atoms with Crippen LogP contribution in [0.3, 0.4) is 0 Å². The van der Waals surface area contributed by atoms with Gasteiger partial charge in [0.2, 0.25) is 0 Å². The van der Waals surface area contributed by atoms with Gasteiger partial charge in [0.05, 0.1) is 23.2 Å². The van der Waals surface area contributed by atoms with Crippen LogP contribution in [0, 0.1) is 10.1 Å². The van der Waals surface area contributed by atoms with Gasteiger partial charge in [0.15, 0.2) is 0 Å². The highest BCUT2D eigenvalue weighted by molar-refractivity contribution is 5.55. The van der Waals surface area contributed by atoms with Gasteiger partial charge >= 0.3 is 12.4 Å². The van der Waals surface area contributed by atoms with E-state index in [0.29, 0.717) is 44.9 Å². The minimum absolute atomic E-state index is 0.0510. The number of halogens is 6. The Morgan fingerprint density at radius 2 is 1.65 bits per heavy atom. The molecule has 8 nitrogen and oxygen atoms in total. The molecule has 40 heavy (non-hydrogen) atoms. The second-order valence-electron chi connectivity index (χ2n) is 10.1. The minimum atomic E-state index is -4.82. The first kappa shape index (κ1) is 29.8. The summed E-state index contributed by atoms with van der Waals surface area (Å²) in [5, 5.41) is 17.5. The van der Waals surface area contributed by atoms with Crippen LogP contribution in [0.15, 0.2) is 36.5 Å². The summed E-state index contributed by atoms with van der Waals surface area (Å²) >= 11 is 0. The Kier molecular flexibility index (Phi) is 9.39. The molecule has 1 aliphatic carbocycles. The molecular formula is C26H31F6N5O3. The van der Waals surface area contributed by atoms with Crippen molar-refractivity contribution >= 4 is 17.2 Å². The van der Waals surface area contributed by atoms with Crippen LogP contribution in [0.4, 0.5) is 43.5 Å². The fourth-order valence-corrected chi connectivity index (χ4v) is 5.16. The molecule has 1 saturated carbocycles. The number of ether oxygens (including phenoxy) is 1. The van der Waals surface area contributed by atoms with Gasteiger partial charge in [-0.15, -0.1) is 0 Å². The van der Waals surface area contributed by atoms with E-state index in [-0.39, 0.29) is 23.9 Å². The fraction of sp³-hybridized carbons (Fsp3) is 0.577. The van der Waals surface area contributed by atoms with Crippen molar-refractivity contribution in [2.45, 2.75) is 69.1 Å². The highest BCUT2D eigenvalue weighted by atomic mass is 19.4. The number of nitro groups is 1. The Hall–Kier alpha value is -3.13. The predicted molar refractivity (Wildman–Crippen MR) is 136 cm³/mol. The van der Waals surface area contributed by atoms with Gasteiger partial charge in [0, 0.05) is 49.7 Å². The summed E-state index contributed by atoms with van der Waals surface area (Å²) in [4.78, 5) is 15.8. The van der Waals surface area contributed by atoms with E-state index in [1.165, 1.54) is 12.1 Å². The van der Waals surface area contributed by atoms with E-state index < -0.39 is 34.1 Å². The number of alkyl halides is 6. The molecule has 220 valence electrons. The van der Waals surface area contributed by atoms with Crippen molar-refractivity contribution in [1.29, 1.82) is 0 Å². The number of aromatic nitrogens is 1. The number of hydrogen-bond acceptors (Lipinski definition) is 7. The molecule has 2 heterocycles. The molecule has 2 aliphatic rings. The minimum Gasteiger partial charge on any atom is -0.382 e. The van der Waals surface area contributed by atoms with Crippen molar-refractivity contribution in [1.82, 2.24) is 10.3 Å². The second kappa shape index (κ2) is 12.6. The standard InChI is InChI=1S/C26H31F6N5O3/c27-25(28,29)17-1-8-24(34-16-17)36-12-9-18(10-13-36)33-11-14-40-21-5-2-19(3-6-21)35-20-4-7-23(37(38)39)22(15-20)26(30,31)32/h1,4,7-8,15-16,18-19,21,33,35H,2-3,5-6,9-14H2. The Bertz CT molecular complexity index is 1130. The van der Waals surface area contributed by atoms with E-state index in [1.807, 2.05) is 4.90 Å². The number of rotatable bonds is 9. The third-order valence-corrected chi connectivity index (χ3v) is 7.33. The lowest BCUT2D eigenvalue weighted by molar-refractivity contribution is -0.388. The molecule has 1 aromatic heterocycles. The maximum Gasteiger partial charge on any atom is 0.423 e. The first-order valence-electron chi connectivity index (χ1n) is 13.2. The highest BCUT2D eigenvalue weighted by Crippen LogP contribution is 2.38. The van der Waals surface area contributed by atoms with Crippen molar-refractivity contribution in [3.63, 3.8) is 0 Å². The van der Waals surface area contributed by atoms with Crippen LogP contribution in [0.25, 0.3) is 0 Å². The summed E-state index contributed by atoms with van der Waals surface area (Å²) in [6.07, 6.45) is -3.75. The number of hydrogen-bond donors (Lipinski definition) is 2.